The average molecular weight is 254 g/mol. The Morgan fingerprint density at radius 1 is 1.29 bits per heavy atom. The first-order chi connectivity index (χ1) is 8.00. The molecule has 0 amide bonds. The highest BCUT2D eigenvalue weighted by Gasteiger charge is 2.23. The van der Waals surface area contributed by atoms with E-state index < -0.39 is 10.0 Å². The molecule has 9 heteroatoms. The van der Waals surface area contributed by atoms with Gasteiger partial charge in [0.1, 0.15) is 0 Å². The number of nitrogens with one attached hydrogen (secondary N) is 1. The zero-order valence-corrected chi connectivity index (χ0v) is 9.72. The third-order valence-electron chi connectivity index (χ3n) is 1.96. The molecule has 2 heterocycles. The molecule has 0 radical (unpaired) electrons. The average Bonchev–Trinajstić information content (AvgIpc) is 2.59. The molecule has 0 atom stereocenters. The molecule has 3 N–H and O–H groups in total. The number of aromatic nitrogens is 4. The van der Waals surface area contributed by atoms with Gasteiger partial charge in [-0.1, -0.05) is 0 Å². The van der Waals surface area contributed by atoms with E-state index in [1.807, 2.05) is 0 Å². The zero-order chi connectivity index (χ0) is 12.5. The molecule has 0 fully saturated rings. The number of nitrogen functional groups attached to an aromatic ring is 1. The first-order valence-corrected chi connectivity index (χ1v) is 6.05. The summed E-state index contributed by atoms with van der Waals surface area (Å²) < 4.78 is 27.5. The number of nitrogens with zero attached hydrogens (tertiary/aromatic N) is 4. The second-order valence-corrected chi connectivity index (χ2v) is 4.82. The topological polar surface area (TPSA) is 116 Å². The summed E-state index contributed by atoms with van der Waals surface area (Å²) in [6.45, 7) is 0. The van der Waals surface area contributed by atoms with Crippen molar-refractivity contribution in [2.45, 2.75) is 5.03 Å². The van der Waals surface area contributed by atoms with Crippen molar-refractivity contribution in [3.05, 3.63) is 24.8 Å². The monoisotopic (exact) mass is 254 g/mol. The van der Waals surface area contributed by atoms with Crippen LogP contribution >= 0.6 is 0 Å². The predicted octanol–water partition coefficient (Wildman–Crippen LogP) is -0.407. The summed E-state index contributed by atoms with van der Waals surface area (Å²) in [5, 5.41) is -0.120. The van der Waals surface area contributed by atoms with Gasteiger partial charge in [-0.05, 0) is 6.07 Å². The minimum absolute atomic E-state index is 0.0203. The molecular weight excluding hydrogens is 244 g/mol. The Balaban J connectivity index is 2.39. The molecule has 0 saturated heterocycles. The molecule has 0 bridgehead atoms. The Bertz CT molecular complexity index is 601. The fraction of sp³-hybridized carbons (Fsp3) is 0.125. The van der Waals surface area contributed by atoms with Gasteiger partial charge < -0.3 is 10.3 Å². The number of imidazole rings is 1. The predicted molar refractivity (Wildman–Crippen MR) is 60.5 cm³/mol. The highest BCUT2D eigenvalue weighted by atomic mass is 32.2. The number of sulfonamides is 1. The molecule has 8 nitrogen and oxygen atoms in total. The number of aryl methyl sites for hydroxylation is 1. The molecular formula is C8H10N6O2S. The van der Waals surface area contributed by atoms with Crippen molar-refractivity contribution in [1.29, 1.82) is 0 Å². The molecule has 0 spiro atoms. The van der Waals surface area contributed by atoms with Gasteiger partial charge in [-0.2, -0.15) is 8.42 Å². The summed E-state index contributed by atoms with van der Waals surface area (Å²) in [5.41, 5.74) is 5.49. The Morgan fingerprint density at radius 3 is 2.47 bits per heavy atom. The van der Waals surface area contributed by atoms with E-state index in [9.17, 15) is 8.42 Å². The van der Waals surface area contributed by atoms with Crippen molar-refractivity contribution in [3.63, 3.8) is 0 Å². The Morgan fingerprint density at radius 2 is 1.94 bits per heavy atom. The van der Waals surface area contributed by atoms with Crippen LogP contribution in [0, 0.1) is 0 Å². The lowest BCUT2D eigenvalue weighted by molar-refractivity contribution is 0.591. The lowest BCUT2D eigenvalue weighted by atomic mass is 10.7. The maximum absolute atomic E-state index is 12.0. The third-order valence-corrected chi connectivity index (χ3v) is 3.41. The van der Waals surface area contributed by atoms with E-state index in [4.69, 9.17) is 5.73 Å². The van der Waals surface area contributed by atoms with Crippen LogP contribution < -0.4 is 10.5 Å². The van der Waals surface area contributed by atoms with Gasteiger partial charge in [-0.3, -0.25) is 0 Å². The highest BCUT2D eigenvalue weighted by Crippen LogP contribution is 2.17. The number of nitrogens with two attached hydrogens (primary N) is 1. The molecule has 0 unspecified atom stereocenters. The van der Waals surface area contributed by atoms with E-state index in [1.54, 1.807) is 6.07 Å². The molecule has 90 valence electrons. The maximum atomic E-state index is 12.0. The van der Waals surface area contributed by atoms with Crippen molar-refractivity contribution < 1.29 is 8.42 Å². The number of anilines is 2. The molecule has 0 saturated carbocycles. The summed E-state index contributed by atoms with van der Waals surface area (Å²) >= 11 is 0. The summed E-state index contributed by atoms with van der Waals surface area (Å²) in [6, 6.07) is 1.58. The van der Waals surface area contributed by atoms with Gasteiger partial charge in [0.15, 0.2) is 10.8 Å². The first kappa shape index (κ1) is 11.3. The lowest BCUT2D eigenvalue weighted by Gasteiger charge is -2.06. The van der Waals surface area contributed by atoms with Gasteiger partial charge in [0.25, 0.3) is 10.0 Å². The number of rotatable bonds is 3. The molecule has 0 aliphatic carbocycles. The molecule has 17 heavy (non-hydrogen) atoms. The van der Waals surface area contributed by atoms with Crippen LogP contribution in [0.3, 0.4) is 0 Å². The molecule has 2 rings (SSSR count). The van der Waals surface area contributed by atoms with Gasteiger partial charge in [0.05, 0.1) is 6.33 Å². The van der Waals surface area contributed by atoms with E-state index in [-0.39, 0.29) is 16.8 Å². The molecule has 0 aromatic carbocycles. The van der Waals surface area contributed by atoms with Crippen molar-refractivity contribution in [3.8, 4) is 0 Å². The van der Waals surface area contributed by atoms with Crippen molar-refractivity contribution in [1.82, 2.24) is 19.5 Å². The Hall–Kier alpha value is -2.16. The van der Waals surface area contributed by atoms with Gasteiger partial charge in [0, 0.05) is 19.4 Å². The number of hydrogen-bond acceptors (Lipinski definition) is 6. The summed E-state index contributed by atoms with van der Waals surface area (Å²) in [7, 11) is -2.30. The lowest BCUT2D eigenvalue weighted by Crippen LogP contribution is -2.18. The first-order valence-electron chi connectivity index (χ1n) is 4.57. The highest BCUT2D eigenvalue weighted by molar-refractivity contribution is 7.92. The van der Waals surface area contributed by atoms with E-state index in [0.717, 1.165) is 0 Å². The van der Waals surface area contributed by atoms with E-state index in [2.05, 4.69) is 19.7 Å². The Labute approximate surface area is 97.6 Å². The minimum atomic E-state index is -3.83. The fourth-order valence-corrected chi connectivity index (χ4v) is 2.48. The van der Waals surface area contributed by atoms with Gasteiger partial charge >= 0.3 is 0 Å². The van der Waals surface area contributed by atoms with Crippen LogP contribution in [0.2, 0.25) is 0 Å². The largest absolute Gasteiger partial charge is 0.381 e. The van der Waals surface area contributed by atoms with Crippen LogP contribution in [0.25, 0.3) is 0 Å². The van der Waals surface area contributed by atoms with E-state index in [1.165, 1.54) is 30.3 Å². The molecule has 2 aromatic heterocycles. The van der Waals surface area contributed by atoms with Crippen LogP contribution in [-0.2, 0) is 17.1 Å². The minimum Gasteiger partial charge on any atom is -0.381 e. The quantitative estimate of drug-likeness (QED) is 0.769. The maximum Gasteiger partial charge on any atom is 0.283 e. The summed E-state index contributed by atoms with van der Waals surface area (Å²) in [5.74, 6) is -0.0935. The normalized spacial score (nSPS) is 11.4. The Kier molecular flexibility index (Phi) is 2.68. The van der Waals surface area contributed by atoms with Crippen LogP contribution in [0.5, 0.6) is 0 Å². The smallest absolute Gasteiger partial charge is 0.283 e. The summed E-state index contributed by atoms with van der Waals surface area (Å²) in [6.07, 6.45) is 4.17. The van der Waals surface area contributed by atoms with Crippen molar-refractivity contribution in [2.24, 2.45) is 7.05 Å². The number of hydrogen-bond donors (Lipinski definition) is 2. The molecule has 0 aliphatic heterocycles. The summed E-state index contributed by atoms with van der Waals surface area (Å²) in [4.78, 5) is 11.2. The van der Waals surface area contributed by atoms with Gasteiger partial charge in [0.2, 0.25) is 5.95 Å². The van der Waals surface area contributed by atoms with Crippen LogP contribution in [0.1, 0.15) is 0 Å². The van der Waals surface area contributed by atoms with Crippen LogP contribution in [0.4, 0.5) is 11.8 Å². The molecule has 0 aliphatic rings. The van der Waals surface area contributed by atoms with Crippen molar-refractivity contribution in [2.75, 3.05) is 10.5 Å². The standard InChI is InChI=1S/C8H10N6O2S/c1-14-5-12-6(9)7(14)17(15,16)13-8-10-3-2-4-11-8/h2-5H,9H2,1H3,(H,10,11,13). The van der Waals surface area contributed by atoms with Crippen molar-refractivity contribution >= 4 is 21.8 Å². The SMILES string of the molecule is Cn1cnc(N)c1S(=O)(=O)Nc1ncccn1. The van der Waals surface area contributed by atoms with Gasteiger partial charge in [-0.15, -0.1) is 0 Å². The zero-order valence-electron chi connectivity index (χ0n) is 8.90. The van der Waals surface area contributed by atoms with Crippen LogP contribution in [-0.4, -0.2) is 27.9 Å². The second kappa shape index (κ2) is 4.01. The third kappa shape index (κ3) is 2.18. The van der Waals surface area contributed by atoms with Gasteiger partial charge in [-0.25, -0.2) is 19.7 Å². The van der Waals surface area contributed by atoms with E-state index in [0.29, 0.717) is 0 Å². The fourth-order valence-electron chi connectivity index (χ4n) is 1.28. The molecule has 2 aromatic rings. The van der Waals surface area contributed by atoms with Crippen LogP contribution in [0.15, 0.2) is 29.8 Å². The second-order valence-electron chi connectivity index (χ2n) is 3.22. The van der Waals surface area contributed by atoms with E-state index >= 15 is 0 Å².